The van der Waals surface area contributed by atoms with E-state index in [1.54, 1.807) is 6.92 Å². The number of rotatable bonds is 9. The molecule has 7 nitrogen and oxygen atoms in total. The van der Waals surface area contributed by atoms with Crippen molar-refractivity contribution < 1.29 is 19.4 Å². The molecule has 31 heavy (non-hydrogen) atoms. The highest BCUT2D eigenvalue weighted by molar-refractivity contribution is 5.93. The van der Waals surface area contributed by atoms with Crippen LogP contribution in [0.1, 0.15) is 29.3 Å². The Labute approximate surface area is 181 Å². The third kappa shape index (κ3) is 6.45. The lowest BCUT2D eigenvalue weighted by molar-refractivity contribution is -0.153. The van der Waals surface area contributed by atoms with Crippen LogP contribution in [0.3, 0.4) is 0 Å². The van der Waals surface area contributed by atoms with Gasteiger partial charge < -0.3 is 15.2 Å². The molecule has 0 aliphatic heterocycles. The lowest BCUT2D eigenvalue weighted by Crippen LogP contribution is -2.41. The first-order valence-electron chi connectivity index (χ1n) is 10.1. The SMILES string of the molecule is CCOC(=O)[C@H](O)C[C@@H](Cc1ccc(-c2ccccc2)cc1)NC(=O)c1cncnc1. The minimum atomic E-state index is -1.33. The molecule has 0 saturated carbocycles. The summed E-state index contributed by atoms with van der Waals surface area (Å²) in [6, 6.07) is 17.5. The molecule has 2 N–H and O–H groups in total. The van der Waals surface area contributed by atoms with E-state index < -0.39 is 18.1 Å². The number of amides is 1. The molecule has 2 aromatic carbocycles. The zero-order valence-electron chi connectivity index (χ0n) is 17.3. The Morgan fingerprint density at radius 1 is 1.00 bits per heavy atom. The molecular weight excluding hydrogens is 394 g/mol. The average molecular weight is 419 g/mol. The Morgan fingerprint density at radius 2 is 1.65 bits per heavy atom. The summed E-state index contributed by atoms with van der Waals surface area (Å²) in [5.74, 6) is -1.08. The molecule has 0 saturated heterocycles. The lowest BCUT2D eigenvalue weighted by atomic mass is 9.97. The van der Waals surface area contributed by atoms with Crippen molar-refractivity contribution in [3.05, 3.63) is 84.4 Å². The Hall–Kier alpha value is -3.58. The molecule has 0 spiro atoms. The Balaban J connectivity index is 1.73. The van der Waals surface area contributed by atoms with Gasteiger partial charge in [0.05, 0.1) is 12.2 Å². The van der Waals surface area contributed by atoms with Crippen LogP contribution in [-0.2, 0) is 16.0 Å². The summed E-state index contributed by atoms with van der Waals surface area (Å²) in [5.41, 5.74) is 3.46. The van der Waals surface area contributed by atoms with Crippen LogP contribution in [0.15, 0.2) is 73.3 Å². The standard InChI is InChI=1S/C24H25N3O4/c1-2-31-24(30)22(28)13-21(27-23(29)20-14-25-16-26-15-20)12-17-8-10-19(11-9-17)18-6-4-3-5-7-18/h3-11,14-16,21-22,28H,2,12-13H2,1H3,(H,27,29)/t21-,22-/m1/s1. The van der Waals surface area contributed by atoms with E-state index in [0.717, 1.165) is 16.7 Å². The number of aromatic nitrogens is 2. The fraction of sp³-hybridized carbons (Fsp3) is 0.250. The first kappa shape index (κ1) is 22.1. The highest BCUT2D eigenvalue weighted by Crippen LogP contribution is 2.20. The zero-order chi connectivity index (χ0) is 22.1. The molecular formula is C24H25N3O4. The van der Waals surface area contributed by atoms with Crippen LogP contribution in [0.4, 0.5) is 0 Å². The number of hydrogen-bond acceptors (Lipinski definition) is 6. The van der Waals surface area contributed by atoms with Crippen molar-refractivity contribution in [2.45, 2.75) is 31.9 Å². The topological polar surface area (TPSA) is 101 Å². The third-order valence-corrected chi connectivity index (χ3v) is 4.77. The molecule has 1 amide bonds. The highest BCUT2D eigenvalue weighted by Gasteiger charge is 2.24. The maximum Gasteiger partial charge on any atom is 0.335 e. The molecule has 160 valence electrons. The van der Waals surface area contributed by atoms with Gasteiger partial charge in [-0.25, -0.2) is 14.8 Å². The summed E-state index contributed by atoms with van der Waals surface area (Å²) in [4.78, 5) is 32.2. The van der Waals surface area contributed by atoms with Gasteiger partial charge in [0.15, 0.2) is 6.10 Å². The Kier molecular flexibility index (Phi) is 7.84. The summed E-state index contributed by atoms with van der Waals surface area (Å²) >= 11 is 0. The van der Waals surface area contributed by atoms with Gasteiger partial charge in [0, 0.05) is 24.9 Å². The van der Waals surface area contributed by atoms with Crippen molar-refractivity contribution in [2.75, 3.05) is 6.61 Å². The number of carbonyl (C=O) groups excluding carboxylic acids is 2. The fourth-order valence-corrected chi connectivity index (χ4v) is 3.23. The van der Waals surface area contributed by atoms with E-state index in [1.165, 1.54) is 18.7 Å². The molecule has 0 bridgehead atoms. The summed E-state index contributed by atoms with van der Waals surface area (Å²) < 4.78 is 4.89. The van der Waals surface area contributed by atoms with Crippen molar-refractivity contribution in [1.29, 1.82) is 0 Å². The molecule has 0 aliphatic carbocycles. The van der Waals surface area contributed by atoms with Gasteiger partial charge in [0.25, 0.3) is 5.91 Å². The molecule has 7 heteroatoms. The molecule has 1 aromatic heterocycles. The van der Waals surface area contributed by atoms with Gasteiger partial charge in [-0.3, -0.25) is 4.79 Å². The highest BCUT2D eigenvalue weighted by atomic mass is 16.5. The van der Waals surface area contributed by atoms with Crippen LogP contribution in [0.5, 0.6) is 0 Å². The molecule has 0 fully saturated rings. The number of carbonyl (C=O) groups is 2. The van der Waals surface area contributed by atoms with E-state index in [1.807, 2.05) is 54.6 Å². The number of benzene rings is 2. The van der Waals surface area contributed by atoms with Gasteiger partial charge in [-0.05, 0) is 30.0 Å². The molecule has 0 radical (unpaired) electrons. The Bertz CT molecular complexity index is 979. The van der Waals surface area contributed by atoms with Crippen molar-refractivity contribution in [3.63, 3.8) is 0 Å². The van der Waals surface area contributed by atoms with Crippen molar-refractivity contribution in [3.8, 4) is 11.1 Å². The largest absolute Gasteiger partial charge is 0.464 e. The molecule has 0 aliphatic rings. The molecule has 3 rings (SSSR count). The second kappa shape index (κ2) is 11.0. The minimum Gasteiger partial charge on any atom is -0.464 e. The van der Waals surface area contributed by atoms with Gasteiger partial charge in [-0.15, -0.1) is 0 Å². The summed E-state index contributed by atoms with van der Waals surface area (Å²) in [7, 11) is 0. The smallest absolute Gasteiger partial charge is 0.335 e. The van der Waals surface area contributed by atoms with E-state index in [4.69, 9.17) is 4.74 Å². The van der Waals surface area contributed by atoms with Crippen LogP contribution in [0.25, 0.3) is 11.1 Å². The summed E-state index contributed by atoms with van der Waals surface area (Å²) in [6.07, 6.45) is 3.29. The summed E-state index contributed by atoms with van der Waals surface area (Å²) in [5, 5.41) is 13.1. The molecule has 0 unspecified atom stereocenters. The third-order valence-electron chi connectivity index (χ3n) is 4.77. The Morgan fingerprint density at radius 3 is 2.29 bits per heavy atom. The number of nitrogens with zero attached hydrogens (tertiary/aromatic N) is 2. The van der Waals surface area contributed by atoms with Gasteiger partial charge in [-0.2, -0.15) is 0 Å². The number of aliphatic hydroxyl groups excluding tert-OH is 1. The van der Waals surface area contributed by atoms with E-state index in [0.29, 0.717) is 12.0 Å². The summed E-state index contributed by atoms with van der Waals surface area (Å²) in [6.45, 7) is 1.85. The van der Waals surface area contributed by atoms with Gasteiger partial charge in [0.2, 0.25) is 0 Å². The van der Waals surface area contributed by atoms with Crippen LogP contribution in [0, 0.1) is 0 Å². The van der Waals surface area contributed by atoms with Gasteiger partial charge in [-0.1, -0.05) is 54.6 Å². The van der Waals surface area contributed by atoms with E-state index in [-0.39, 0.29) is 18.9 Å². The first-order valence-corrected chi connectivity index (χ1v) is 10.1. The number of ether oxygens (including phenoxy) is 1. The number of aliphatic hydroxyl groups is 1. The second-order valence-corrected chi connectivity index (χ2v) is 7.07. The van der Waals surface area contributed by atoms with Crippen molar-refractivity contribution >= 4 is 11.9 Å². The minimum absolute atomic E-state index is 0.0265. The number of esters is 1. The number of hydrogen-bond donors (Lipinski definition) is 2. The van der Waals surface area contributed by atoms with Crippen LogP contribution in [-0.4, -0.2) is 45.7 Å². The maximum atomic E-state index is 12.6. The maximum absolute atomic E-state index is 12.6. The van der Waals surface area contributed by atoms with Crippen molar-refractivity contribution in [2.24, 2.45) is 0 Å². The predicted octanol–water partition coefficient (Wildman–Crippen LogP) is 2.80. The fourth-order valence-electron chi connectivity index (χ4n) is 3.23. The quantitative estimate of drug-likeness (QED) is 0.517. The lowest BCUT2D eigenvalue weighted by Gasteiger charge is -2.21. The van der Waals surface area contributed by atoms with Gasteiger partial charge >= 0.3 is 5.97 Å². The molecule has 2 atom stereocenters. The monoisotopic (exact) mass is 419 g/mol. The van der Waals surface area contributed by atoms with Crippen LogP contribution < -0.4 is 5.32 Å². The molecule has 3 aromatic rings. The van der Waals surface area contributed by atoms with E-state index in [9.17, 15) is 14.7 Å². The molecule has 1 heterocycles. The van der Waals surface area contributed by atoms with E-state index >= 15 is 0 Å². The first-order chi connectivity index (χ1) is 15.1. The zero-order valence-corrected chi connectivity index (χ0v) is 17.3. The normalized spacial score (nSPS) is 12.6. The predicted molar refractivity (Wildman–Crippen MR) is 116 cm³/mol. The average Bonchev–Trinajstić information content (AvgIpc) is 2.80. The number of nitrogens with one attached hydrogen (secondary N) is 1. The van der Waals surface area contributed by atoms with Crippen LogP contribution >= 0.6 is 0 Å². The van der Waals surface area contributed by atoms with Crippen LogP contribution in [0.2, 0.25) is 0 Å². The van der Waals surface area contributed by atoms with Gasteiger partial charge in [0.1, 0.15) is 6.33 Å². The van der Waals surface area contributed by atoms with Crippen molar-refractivity contribution in [1.82, 2.24) is 15.3 Å². The second-order valence-electron chi connectivity index (χ2n) is 7.07. The van der Waals surface area contributed by atoms with E-state index in [2.05, 4.69) is 15.3 Å².